The highest BCUT2D eigenvalue weighted by atomic mass is 35.5. The van der Waals surface area contributed by atoms with E-state index in [1.807, 2.05) is 6.07 Å². The molecule has 0 aliphatic rings. The molecule has 0 aliphatic carbocycles. The van der Waals surface area contributed by atoms with Gasteiger partial charge in [-0.05, 0) is 19.1 Å². The molecule has 4 heteroatoms. The zero-order valence-electron chi connectivity index (χ0n) is 9.37. The van der Waals surface area contributed by atoms with Crippen LogP contribution < -0.4 is 9.47 Å². The summed E-state index contributed by atoms with van der Waals surface area (Å²) in [7, 11) is 3.09. The summed E-state index contributed by atoms with van der Waals surface area (Å²) in [5.41, 5.74) is 1.09. The Morgan fingerprint density at radius 2 is 2.00 bits per heavy atom. The lowest BCUT2D eigenvalue weighted by molar-refractivity contribution is 0.354. The molecule has 0 unspecified atom stereocenters. The molecule has 0 spiro atoms. The van der Waals surface area contributed by atoms with Crippen molar-refractivity contribution in [2.75, 3.05) is 14.2 Å². The number of benzene rings is 1. The lowest BCUT2D eigenvalue weighted by Crippen LogP contribution is -1.94. The van der Waals surface area contributed by atoms with Crippen LogP contribution in [0.15, 0.2) is 23.8 Å². The van der Waals surface area contributed by atoms with Gasteiger partial charge in [0.25, 0.3) is 0 Å². The van der Waals surface area contributed by atoms with Crippen LogP contribution in [0.4, 0.5) is 0 Å². The topological polar surface area (TPSA) is 42.2 Å². The number of allylic oxidation sites excluding steroid dienone is 1. The molecule has 0 heterocycles. The molecule has 1 aromatic rings. The van der Waals surface area contributed by atoms with E-state index >= 15 is 0 Å². The number of rotatable bonds is 3. The zero-order chi connectivity index (χ0) is 12.1. The summed E-state index contributed by atoms with van der Waals surface area (Å²) >= 11 is 6.09. The van der Waals surface area contributed by atoms with E-state index in [0.717, 1.165) is 0 Å². The van der Waals surface area contributed by atoms with Crippen LogP contribution in [-0.2, 0) is 0 Å². The molecule has 0 atom stereocenters. The van der Waals surface area contributed by atoms with Gasteiger partial charge in [0.15, 0.2) is 11.5 Å². The second-order valence-electron chi connectivity index (χ2n) is 3.09. The van der Waals surface area contributed by atoms with Gasteiger partial charge in [-0.15, -0.1) is 0 Å². The van der Waals surface area contributed by atoms with Gasteiger partial charge < -0.3 is 9.47 Å². The van der Waals surface area contributed by atoms with E-state index < -0.39 is 0 Å². The van der Waals surface area contributed by atoms with Gasteiger partial charge in [-0.25, -0.2) is 0 Å². The van der Waals surface area contributed by atoms with Gasteiger partial charge in [-0.3, -0.25) is 0 Å². The van der Waals surface area contributed by atoms with Crippen molar-refractivity contribution in [2.24, 2.45) is 0 Å². The third kappa shape index (κ3) is 2.29. The average molecular weight is 238 g/mol. The Morgan fingerprint density at radius 1 is 1.31 bits per heavy atom. The maximum Gasteiger partial charge on any atom is 0.169 e. The molecule has 0 N–H and O–H groups in total. The maximum atomic E-state index is 8.79. The molecule has 0 saturated heterocycles. The molecule has 0 aliphatic heterocycles. The quantitative estimate of drug-likeness (QED) is 0.759. The fraction of sp³-hybridized carbons (Fsp3) is 0.250. The molecular weight excluding hydrogens is 226 g/mol. The molecule has 1 aromatic carbocycles. The SMILES string of the molecule is COc1cccc(C(Cl)=C(C)C#N)c1OC. The van der Waals surface area contributed by atoms with Gasteiger partial charge >= 0.3 is 0 Å². The van der Waals surface area contributed by atoms with E-state index in [-0.39, 0.29) is 0 Å². The summed E-state index contributed by atoms with van der Waals surface area (Å²) in [5.74, 6) is 1.12. The molecule has 0 aromatic heterocycles. The molecule has 0 saturated carbocycles. The standard InChI is InChI=1S/C12H12ClNO2/c1-8(7-14)11(13)9-5-4-6-10(15-2)12(9)16-3/h4-6H,1-3H3. The fourth-order valence-corrected chi connectivity index (χ4v) is 1.50. The smallest absolute Gasteiger partial charge is 0.169 e. The average Bonchev–Trinajstić information content (AvgIpc) is 2.35. The summed E-state index contributed by atoms with van der Waals surface area (Å²) in [6.45, 7) is 1.65. The Morgan fingerprint density at radius 3 is 2.50 bits per heavy atom. The predicted molar refractivity (Wildman–Crippen MR) is 63.6 cm³/mol. The third-order valence-electron chi connectivity index (χ3n) is 2.14. The number of hydrogen-bond donors (Lipinski definition) is 0. The van der Waals surface area contributed by atoms with Crippen molar-refractivity contribution in [1.82, 2.24) is 0 Å². The first-order valence-electron chi connectivity index (χ1n) is 4.63. The van der Waals surface area contributed by atoms with Gasteiger partial charge in [-0.1, -0.05) is 17.7 Å². The fourth-order valence-electron chi connectivity index (χ4n) is 1.31. The van der Waals surface area contributed by atoms with Crippen LogP contribution in [0.5, 0.6) is 11.5 Å². The normalized spacial score (nSPS) is 11.4. The lowest BCUT2D eigenvalue weighted by Gasteiger charge is -2.12. The highest BCUT2D eigenvalue weighted by Gasteiger charge is 2.13. The Kier molecular flexibility index (Phi) is 4.21. The number of halogens is 1. The van der Waals surface area contributed by atoms with Crippen molar-refractivity contribution in [1.29, 1.82) is 5.26 Å². The number of para-hydroxylation sites is 1. The van der Waals surface area contributed by atoms with Crippen LogP contribution in [-0.4, -0.2) is 14.2 Å². The van der Waals surface area contributed by atoms with E-state index in [1.54, 1.807) is 32.2 Å². The van der Waals surface area contributed by atoms with Crippen molar-refractivity contribution in [2.45, 2.75) is 6.92 Å². The number of nitrogens with zero attached hydrogens (tertiary/aromatic N) is 1. The highest BCUT2D eigenvalue weighted by Crippen LogP contribution is 2.37. The molecule has 84 valence electrons. The van der Waals surface area contributed by atoms with Crippen LogP contribution in [0, 0.1) is 11.3 Å². The maximum absolute atomic E-state index is 8.79. The van der Waals surface area contributed by atoms with E-state index in [4.69, 9.17) is 26.3 Å². The van der Waals surface area contributed by atoms with Crippen LogP contribution in [0.3, 0.4) is 0 Å². The molecular formula is C12H12ClNO2. The predicted octanol–water partition coefficient (Wildman–Crippen LogP) is 3.20. The minimum Gasteiger partial charge on any atom is -0.493 e. The second-order valence-corrected chi connectivity index (χ2v) is 3.47. The number of ether oxygens (including phenoxy) is 2. The second kappa shape index (κ2) is 5.43. The summed E-state index contributed by atoms with van der Waals surface area (Å²) in [5, 5.41) is 9.17. The summed E-state index contributed by atoms with van der Waals surface area (Å²) < 4.78 is 10.4. The number of methoxy groups -OCH3 is 2. The molecule has 0 bridgehead atoms. The van der Waals surface area contributed by atoms with Crippen molar-refractivity contribution >= 4 is 16.6 Å². The van der Waals surface area contributed by atoms with E-state index in [9.17, 15) is 0 Å². The van der Waals surface area contributed by atoms with Crippen LogP contribution >= 0.6 is 11.6 Å². The van der Waals surface area contributed by atoms with E-state index in [2.05, 4.69) is 0 Å². The van der Waals surface area contributed by atoms with Crippen molar-refractivity contribution in [3.05, 3.63) is 29.3 Å². The zero-order valence-corrected chi connectivity index (χ0v) is 10.1. The van der Waals surface area contributed by atoms with Gasteiger partial charge in [-0.2, -0.15) is 5.26 Å². The molecule has 1 rings (SSSR count). The summed E-state index contributed by atoms with van der Waals surface area (Å²) in [4.78, 5) is 0. The molecule has 0 fully saturated rings. The minimum atomic E-state index is 0.373. The Bertz CT molecular complexity index is 461. The first kappa shape index (κ1) is 12.4. The first-order chi connectivity index (χ1) is 7.65. The van der Waals surface area contributed by atoms with Gasteiger partial charge in [0.05, 0.1) is 25.3 Å². The Labute approximate surface area is 99.9 Å². The first-order valence-corrected chi connectivity index (χ1v) is 5.01. The molecule has 0 amide bonds. The van der Waals surface area contributed by atoms with Gasteiger partial charge in [0.1, 0.15) is 0 Å². The summed E-state index contributed by atoms with van der Waals surface area (Å²) in [6, 6.07) is 7.35. The summed E-state index contributed by atoms with van der Waals surface area (Å²) in [6.07, 6.45) is 0. The third-order valence-corrected chi connectivity index (χ3v) is 2.62. The lowest BCUT2D eigenvalue weighted by atomic mass is 10.1. The monoisotopic (exact) mass is 237 g/mol. The number of hydrogen-bond acceptors (Lipinski definition) is 3. The van der Waals surface area contributed by atoms with E-state index in [0.29, 0.717) is 27.7 Å². The van der Waals surface area contributed by atoms with Crippen LogP contribution in [0.2, 0.25) is 0 Å². The van der Waals surface area contributed by atoms with Crippen molar-refractivity contribution in [3.63, 3.8) is 0 Å². The van der Waals surface area contributed by atoms with Crippen molar-refractivity contribution in [3.8, 4) is 17.6 Å². The Balaban J connectivity index is 3.41. The van der Waals surface area contributed by atoms with Crippen molar-refractivity contribution < 1.29 is 9.47 Å². The highest BCUT2D eigenvalue weighted by molar-refractivity contribution is 6.49. The van der Waals surface area contributed by atoms with Gasteiger partial charge in [0, 0.05) is 11.1 Å². The minimum absolute atomic E-state index is 0.373. The molecule has 0 radical (unpaired) electrons. The van der Waals surface area contributed by atoms with E-state index in [1.165, 1.54) is 7.11 Å². The molecule has 3 nitrogen and oxygen atoms in total. The number of nitriles is 1. The van der Waals surface area contributed by atoms with Gasteiger partial charge in [0.2, 0.25) is 0 Å². The largest absolute Gasteiger partial charge is 0.493 e. The van der Waals surface area contributed by atoms with Crippen LogP contribution in [0.1, 0.15) is 12.5 Å². The molecule has 16 heavy (non-hydrogen) atoms. The Hall–Kier alpha value is -1.66. The van der Waals surface area contributed by atoms with Crippen LogP contribution in [0.25, 0.3) is 5.03 Å².